The summed E-state index contributed by atoms with van der Waals surface area (Å²) in [7, 11) is 1.67. The average molecular weight is 253 g/mol. The van der Waals surface area contributed by atoms with Gasteiger partial charge >= 0.3 is 0 Å². The molecule has 1 N–H and O–H groups in total. The molecule has 2 aromatic heterocycles. The van der Waals surface area contributed by atoms with E-state index in [-0.39, 0.29) is 0 Å². The molecule has 0 unspecified atom stereocenters. The van der Waals surface area contributed by atoms with Crippen LogP contribution >= 0.6 is 0 Å². The van der Waals surface area contributed by atoms with Gasteiger partial charge in [-0.15, -0.1) is 0 Å². The first-order valence-corrected chi connectivity index (χ1v) is 6.16. The van der Waals surface area contributed by atoms with Gasteiger partial charge < -0.3 is 10.1 Å². The van der Waals surface area contributed by atoms with E-state index in [1.54, 1.807) is 7.11 Å². The van der Waals surface area contributed by atoms with Gasteiger partial charge in [0.15, 0.2) is 0 Å². The van der Waals surface area contributed by atoms with Crippen molar-refractivity contribution in [2.24, 2.45) is 0 Å². The predicted octanol–water partition coefficient (Wildman–Crippen LogP) is 2.96. The van der Waals surface area contributed by atoms with Crippen LogP contribution in [0.5, 0.6) is 5.75 Å². The van der Waals surface area contributed by atoms with Gasteiger partial charge in [0.1, 0.15) is 5.75 Å². The number of benzene rings is 1. The van der Waals surface area contributed by atoms with Crippen molar-refractivity contribution in [2.45, 2.75) is 6.54 Å². The van der Waals surface area contributed by atoms with E-state index in [4.69, 9.17) is 4.74 Å². The molecule has 0 radical (unpaired) electrons. The molecule has 1 aromatic carbocycles. The summed E-state index contributed by atoms with van der Waals surface area (Å²) in [5, 5.41) is 7.70. The number of ether oxygens (including phenoxy) is 1. The van der Waals surface area contributed by atoms with Crippen LogP contribution in [0.1, 0.15) is 5.56 Å². The maximum Gasteiger partial charge on any atom is 0.119 e. The fourth-order valence-corrected chi connectivity index (χ4v) is 2.03. The molecular formula is C15H15N3O. The molecule has 0 atom stereocenters. The Morgan fingerprint density at radius 3 is 2.79 bits per heavy atom. The van der Waals surface area contributed by atoms with Crippen LogP contribution in [0.2, 0.25) is 0 Å². The summed E-state index contributed by atoms with van der Waals surface area (Å²) in [4.78, 5) is 0. The lowest BCUT2D eigenvalue weighted by Gasteiger charge is -2.06. The maximum atomic E-state index is 5.14. The van der Waals surface area contributed by atoms with Gasteiger partial charge in [0.2, 0.25) is 0 Å². The number of nitrogens with zero attached hydrogens (tertiary/aromatic N) is 2. The molecule has 0 saturated carbocycles. The number of hydrogen-bond acceptors (Lipinski definition) is 3. The van der Waals surface area contributed by atoms with Crippen molar-refractivity contribution < 1.29 is 4.74 Å². The highest BCUT2D eigenvalue weighted by molar-refractivity contribution is 5.55. The van der Waals surface area contributed by atoms with E-state index in [1.807, 2.05) is 53.3 Å². The molecule has 0 aliphatic heterocycles. The van der Waals surface area contributed by atoms with Crippen molar-refractivity contribution in [1.82, 2.24) is 9.61 Å². The summed E-state index contributed by atoms with van der Waals surface area (Å²) in [6.45, 7) is 0.750. The van der Waals surface area contributed by atoms with Gasteiger partial charge in [-0.1, -0.05) is 6.07 Å². The van der Waals surface area contributed by atoms with E-state index in [9.17, 15) is 0 Å². The third-order valence-corrected chi connectivity index (χ3v) is 3.08. The fraction of sp³-hybridized carbons (Fsp3) is 0.133. The highest BCUT2D eigenvalue weighted by atomic mass is 16.5. The summed E-state index contributed by atoms with van der Waals surface area (Å²) in [5.74, 6) is 0.863. The molecule has 2 heterocycles. The Bertz CT molecular complexity index is 673. The Morgan fingerprint density at radius 1 is 1.16 bits per heavy atom. The second-order valence-corrected chi connectivity index (χ2v) is 4.28. The first kappa shape index (κ1) is 11.6. The van der Waals surface area contributed by atoms with Crippen molar-refractivity contribution in [2.75, 3.05) is 12.4 Å². The van der Waals surface area contributed by atoms with Gasteiger partial charge in [-0.3, -0.25) is 0 Å². The number of anilines is 1. The lowest BCUT2D eigenvalue weighted by atomic mass is 10.2. The van der Waals surface area contributed by atoms with E-state index in [0.29, 0.717) is 0 Å². The minimum Gasteiger partial charge on any atom is -0.497 e. The first-order valence-electron chi connectivity index (χ1n) is 6.16. The molecule has 0 spiro atoms. The summed E-state index contributed by atoms with van der Waals surface area (Å²) < 4.78 is 7.02. The van der Waals surface area contributed by atoms with Gasteiger partial charge in [-0.25, -0.2) is 4.52 Å². The minimum absolute atomic E-state index is 0.750. The van der Waals surface area contributed by atoms with Crippen LogP contribution in [0.4, 0.5) is 5.69 Å². The van der Waals surface area contributed by atoms with E-state index >= 15 is 0 Å². The zero-order valence-electron chi connectivity index (χ0n) is 10.7. The number of pyridine rings is 1. The quantitative estimate of drug-likeness (QED) is 0.777. The Morgan fingerprint density at radius 2 is 2.00 bits per heavy atom. The van der Waals surface area contributed by atoms with Crippen LogP contribution < -0.4 is 10.1 Å². The molecule has 0 aliphatic rings. The van der Waals surface area contributed by atoms with Gasteiger partial charge in [0, 0.05) is 24.0 Å². The van der Waals surface area contributed by atoms with Crippen molar-refractivity contribution >= 4 is 11.2 Å². The largest absolute Gasteiger partial charge is 0.497 e. The Hall–Kier alpha value is -2.49. The standard InChI is InChI=1S/C15H15N3O/c1-19-14-7-5-13(6-8-14)16-10-12-11-17-18-9-3-2-4-15(12)18/h2-9,11,16H,10H2,1H3. The van der Waals surface area contributed by atoms with Crippen LogP contribution in [-0.4, -0.2) is 16.7 Å². The average Bonchev–Trinajstić information content (AvgIpc) is 2.89. The summed E-state index contributed by atoms with van der Waals surface area (Å²) >= 11 is 0. The molecule has 3 aromatic rings. The van der Waals surface area contributed by atoms with Crippen molar-refractivity contribution in [3.8, 4) is 5.75 Å². The second kappa shape index (κ2) is 5.02. The smallest absolute Gasteiger partial charge is 0.119 e. The normalized spacial score (nSPS) is 10.6. The van der Waals surface area contributed by atoms with Crippen molar-refractivity contribution in [3.05, 3.63) is 60.4 Å². The van der Waals surface area contributed by atoms with Gasteiger partial charge in [-0.2, -0.15) is 5.10 Å². The number of nitrogens with one attached hydrogen (secondary N) is 1. The molecule has 96 valence electrons. The third-order valence-electron chi connectivity index (χ3n) is 3.08. The third kappa shape index (κ3) is 2.38. The number of rotatable bonds is 4. The SMILES string of the molecule is COc1ccc(NCc2cnn3ccccc23)cc1. The molecule has 0 amide bonds. The monoisotopic (exact) mass is 253 g/mol. The molecule has 19 heavy (non-hydrogen) atoms. The topological polar surface area (TPSA) is 38.6 Å². The number of fused-ring (bicyclic) bond motifs is 1. The van der Waals surface area contributed by atoms with Crippen LogP contribution in [-0.2, 0) is 6.54 Å². The Balaban J connectivity index is 1.74. The van der Waals surface area contributed by atoms with Crippen molar-refractivity contribution in [1.29, 1.82) is 0 Å². The van der Waals surface area contributed by atoms with E-state index < -0.39 is 0 Å². The Kier molecular flexibility index (Phi) is 3.06. The van der Waals surface area contributed by atoms with Crippen LogP contribution in [0.3, 0.4) is 0 Å². The summed E-state index contributed by atoms with van der Waals surface area (Å²) in [5.41, 5.74) is 3.37. The first-order chi connectivity index (χ1) is 9.36. The zero-order chi connectivity index (χ0) is 13.1. The van der Waals surface area contributed by atoms with E-state index in [1.165, 1.54) is 5.56 Å². The number of aromatic nitrogens is 2. The zero-order valence-corrected chi connectivity index (χ0v) is 10.7. The van der Waals surface area contributed by atoms with Gasteiger partial charge in [-0.05, 0) is 36.4 Å². The maximum absolute atomic E-state index is 5.14. The summed E-state index contributed by atoms with van der Waals surface area (Å²) in [6, 6.07) is 14.0. The minimum atomic E-state index is 0.750. The lowest BCUT2D eigenvalue weighted by molar-refractivity contribution is 0.415. The van der Waals surface area contributed by atoms with Crippen LogP contribution in [0.25, 0.3) is 5.52 Å². The highest BCUT2D eigenvalue weighted by Gasteiger charge is 2.02. The molecule has 4 heteroatoms. The Labute approximate surface area is 111 Å². The molecular weight excluding hydrogens is 238 g/mol. The molecule has 0 fully saturated rings. The molecule has 3 rings (SSSR count). The summed E-state index contributed by atoms with van der Waals surface area (Å²) in [6.07, 6.45) is 3.85. The molecule has 0 bridgehead atoms. The predicted molar refractivity (Wildman–Crippen MR) is 75.5 cm³/mol. The lowest BCUT2D eigenvalue weighted by Crippen LogP contribution is -1.98. The van der Waals surface area contributed by atoms with E-state index in [2.05, 4.69) is 16.5 Å². The van der Waals surface area contributed by atoms with Gasteiger partial charge in [0.05, 0.1) is 18.8 Å². The fourth-order valence-electron chi connectivity index (χ4n) is 2.03. The van der Waals surface area contributed by atoms with Crippen LogP contribution in [0.15, 0.2) is 54.9 Å². The van der Waals surface area contributed by atoms with Crippen molar-refractivity contribution in [3.63, 3.8) is 0 Å². The highest BCUT2D eigenvalue weighted by Crippen LogP contribution is 2.17. The van der Waals surface area contributed by atoms with E-state index in [0.717, 1.165) is 23.5 Å². The molecule has 0 saturated heterocycles. The second-order valence-electron chi connectivity index (χ2n) is 4.28. The molecule has 0 aliphatic carbocycles. The number of hydrogen-bond donors (Lipinski definition) is 1. The molecule has 4 nitrogen and oxygen atoms in total. The number of methoxy groups -OCH3 is 1. The van der Waals surface area contributed by atoms with Crippen LogP contribution in [0, 0.1) is 0 Å². The van der Waals surface area contributed by atoms with Gasteiger partial charge in [0.25, 0.3) is 0 Å².